The minimum Gasteiger partial charge on any atom is -0.447 e. The Morgan fingerprint density at radius 1 is 1.39 bits per heavy atom. The Bertz CT molecular complexity index is 507. The molecule has 0 spiro atoms. The van der Waals surface area contributed by atoms with Crippen molar-refractivity contribution in [3.8, 4) is 0 Å². The number of aliphatic hydroxyl groups is 1. The molecule has 0 saturated carbocycles. The van der Waals surface area contributed by atoms with Crippen LogP contribution in [0.25, 0.3) is 0 Å². The lowest BCUT2D eigenvalue weighted by Crippen LogP contribution is -2.42. The third kappa shape index (κ3) is 4.67. The van der Waals surface area contributed by atoms with Crippen molar-refractivity contribution >= 4 is 12.0 Å². The lowest BCUT2D eigenvalue weighted by Gasteiger charge is -2.23. The lowest BCUT2D eigenvalue weighted by molar-refractivity contribution is -0.125. The van der Waals surface area contributed by atoms with Gasteiger partial charge in [-0.05, 0) is 31.8 Å². The first-order valence-corrected chi connectivity index (χ1v) is 8.24. The molecule has 0 unspecified atom stereocenters. The minimum absolute atomic E-state index is 0.135. The van der Waals surface area contributed by atoms with Crippen LogP contribution in [-0.2, 0) is 9.53 Å². The largest absolute Gasteiger partial charge is 0.447 e. The molecule has 1 N–H and O–H groups in total. The molecule has 0 aromatic rings. The summed E-state index contributed by atoms with van der Waals surface area (Å²) in [7, 11) is 0. The third-order valence-electron chi connectivity index (χ3n) is 4.24. The van der Waals surface area contributed by atoms with Crippen molar-refractivity contribution in [2.45, 2.75) is 60.1 Å². The molecule has 1 rings (SSSR count). The maximum atomic E-state index is 12.6. The highest BCUT2D eigenvalue weighted by atomic mass is 16.6. The number of aliphatic hydroxyl groups excluding tert-OH is 1. The van der Waals surface area contributed by atoms with E-state index in [2.05, 4.69) is 0 Å². The second-order valence-corrected chi connectivity index (χ2v) is 6.57. The van der Waals surface area contributed by atoms with Crippen LogP contribution in [0, 0.1) is 11.8 Å². The summed E-state index contributed by atoms with van der Waals surface area (Å²) in [5.41, 5.74) is 1.34. The second kappa shape index (κ2) is 8.29. The van der Waals surface area contributed by atoms with Gasteiger partial charge in [-0.25, -0.2) is 9.69 Å². The molecule has 0 radical (unpaired) electrons. The monoisotopic (exact) mass is 323 g/mol. The molecule has 1 fully saturated rings. The zero-order valence-corrected chi connectivity index (χ0v) is 15.0. The van der Waals surface area contributed by atoms with Gasteiger partial charge in [0.15, 0.2) is 0 Å². The van der Waals surface area contributed by atoms with Gasteiger partial charge in [-0.15, -0.1) is 0 Å². The quantitative estimate of drug-likeness (QED) is 0.601. The van der Waals surface area contributed by atoms with E-state index in [1.165, 1.54) is 4.90 Å². The Hall–Kier alpha value is -1.62. The van der Waals surface area contributed by atoms with Crippen LogP contribution in [0.2, 0.25) is 0 Å². The number of rotatable bonds is 6. The van der Waals surface area contributed by atoms with Crippen molar-refractivity contribution in [2.24, 2.45) is 11.8 Å². The lowest BCUT2D eigenvalue weighted by atomic mass is 9.95. The van der Waals surface area contributed by atoms with E-state index in [0.29, 0.717) is 5.57 Å². The zero-order valence-electron chi connectivity index (χ0n) is 15.0. The number of imide groups is 1. The number of carbonyl (C=O) groups excluding carboxylic acids is 2. The second-order valence-electron chi connectivity index (χ2n) is 6.57. The van der Waals surface area contributed by atoms with Crippen molar-refractivity contribution in [1.82, 2.24) is 4.90 Å². The predicted molar refractivity (Wildman–Crippen MR) is 89.8 cm³/mol. The molecule has 1 aliphatic rings. The topological polar surface area (TPSA) is 66.8 Å². The van der Waals surface area contributed by atoms with E-state index >= 15 is 0 Å². The summed E-state index contributed by atoms with van der Waals surface area (Å²) in [6.45, 7) is 11.6. The van der Waals surface area contributed by atoms with E-state index in [1.807, 2.05) is 40.7 Å². The number of amides is 2. The van der Waals surface area contributed by atoms with Crippen LogP contribution in [0.1, 0.15) is 48.0 Å². The SMILES string of the molecule is CC/C=C(\C)[C@@H](O)[C@@H](C)/C=C(\C)C(=O)N1C(=O)OC[C@@H]1C(C)C. The molecular formula is C18H29NO4. The summed E-state index contributed by atoms with van der Waals surface area (Å²) in [4.78, 5) is 25.6. The number of hydrogen-bond acceptors (Lipinski definition) is 4. The highest BCUT2D eigenvalue weighted by Crippen LogP contribution is 2.23. The van der Waals surface area contributed by atoms with E-state index in [-0.39, 0.29) is 30.4 Å². The van der Waals surface area contributed by atoms with Crippen molar-refractivity contribution in [1.29, 1.82) is 0 Å². The van der Waals surface area contributed by atoms with Gasteiger partial charge in [0, 0.05) is 11.5 Å². The van der Waals surface area contributed by atoms with Crippen molar-refractivity contribution in [3.63, 3.8) is 0 Å². The highest BCUT2D eigenvalue weighted by Gasteiger charge is 2.39. The summed E-state index contributed by atoms with van der Waals surface area (Å²) in [6, 6.07) is -0.236. The summed E-state index contributed by atoms with van der Waals surface area (Å²) < 4.78 is 5.01. The number of carbonyl (C=O) groups is 2. The van der Waals surface area contributed by atoms with Crippen LogP contribution in [0.4, 0.5) is 4.79 Å². The summed E-state index contributed by atoms with van der Waals surface area (Å²) in [5, 5.41) is 10.3. The first kappa shape index (κ1) is 19.4. The summed E-state index contributed by atoms with van der Waals surface area (Å²) in [6.07, 6.45) is 3.33. The van der Waals surface area contributed by atoms with Gasteiger partial charge in [0.25, 0.3) is 5.91 Å². The van der Waals surface area contributed by atoms with E-state index < -0.39 is 12.2 Å². The van der Waals surface area contributed by atoms with Gasteiger partial charge in [0.05, 0.1) is 12.1 Å². The fourth-order valence-corrected chi connectivity index (χ4v) is 2.76. The van der Waals surface area contributed by atoms with Crippen LogP contribution < -0.4 is 0 Å². The number of allylic oxidation sites excluding steroid dienone is 1. The predicted octanol–water partition coefficient (Wildman–Crippen LogP) is 3.29. The molecule has 3 atom stereocenters. The van der Waals surface area contributed by atoms with E-state index in [1.54, 1.807) is 13.0 Å². The number of ether oxygens (including phenoxy) is 1. The molecule has 1 aliphatic heterocycles. The molecule has 130 valence electrons. The molecule has 5 heteroatoms. The molecule has 23 heavy (non-hydrogen) atoms. The Balaban J connectivity index is 2.90. The normalized spacial score (nSPS) is 22.3. The third-order valence-corrected chi connectivity index (χ3v) is 4.24. The van der Waals surface area contributed by atoms with Crippen molar-refractivity contribution in [3.05, 3.63) is 23.3 Å². The maximum absolute atomic E-state index is 12.6. The van der Waals surface area contributed by atoms with Gasteiger partial charge in [0.1, 0.15) is 6.61 Å². The van der Waals surface area contributed by atoms with Crippen LogP contribution in [-0.4, -0.2) is 40.8 Å². The van der Waals surface area contributed by atoms with Gasteiger partial charge in [-0.2, -0.15) is 0 Å². The Morgan fingerprint density at radius 3 is 2.52 bits per heavy atom. The number of hydrogen-bond donors (Lipinski definition) is 1. The molecule has 0 aliphatic carbocycles. The Morgan fingerprint density at radius 2 is 2.00 bits per heavy atom. The summed E-state index contributed by atoms with van der Waals surface area (Å²) >= 11 is 0. The zero-order chi connectivity index (χ0) is 17.7. The van der Waals surface area contributed by atoms with Crippen LogP contribution in [0.3, 0.4) is 0 Å². The molecule has 5 nitrogen and oxygen atoms in total. The average molecular weight is 323 g/mol. The van der Waals surface area contributed by atoms with Crippen LogP contribution >= 0.6 is 0 Å². The minimum atomic E-state index is -0.635. The first-order valence-electron chi connectivity index (χ1n) is 8.24. The van der Waals surface area contributed by atoms with E-state index in [4.69, 9.17) is 4.74 Å². The standard InChI is InChI=1S/C18H29NO4/c1-7-8-12(4)16(20)13(5)9-14(6)17(21)19-15(11(2)3)10-23-18(19)22/h8-9,11,13,15-16,20H,7,10H2,1-6H3/b12-8+,14-9+/t13-,15+,16+/m0/s1. The molecule has 1 saturated heterocycles. The van der Waals surface area contributed by atoms with E-state index in [9.17, 15) is 14.7 Å². The smallest absolute Gasteiger partial charge is 0.417 e. The van der Waals surface area contributed by atoms with Gasteiger partial charge in [-0.1, -0.05) is 39.8 Å². The molecule has 0 bridgehead atoms. The van der Waals surface area contributed by atoms with Crippen molar-refractivity contribution in [2.75, 3.05) is 6.61 Å². The molecule has 0 aromatic heterocycles. The fourth-order valence-electron chi connectivity index (χ4n) is 2.76. The number of nitrogens with zero attached hydrogens (tertiary/aromatic N) is 1. The van der Waals surface area contributed by atoms with Crippen molar-refractivity contribution < 1.29 is 19.4 Å². The van der Waals surface area contributed by atoms with Gasteiger partial charge < -0.3 is 9.84 Å². The van der Waals surface area contributed by atoms with Crippen LogP contribution in [0.5, 0.6) is 0 Å². The van der Waals surface area contributed by atoms with Crippen LogP contribution in [0.15, 0.2) is 23.3 Å². The molecule has 2 amide bonds. The first-order chi connectivity index (χ1) is 10.7. The van der Waals surface area contributed by atoms with E-state index in [0.717, 1.165) is 12.0 Å². The highest BCUT2D eigenvalue weighted by molar-refractivity contribution is 6.03. The average Bonchev–Trinajstić information content (AvgIpc) is 2.87. The summed E-state index contributed by atoms with van der Waals surface area (Å²) in [5.74, 6) is -0.420. The Labute approximate surface area is 139 Å². The van der Waals surface area contributed by atoms with Gasteiger partial charge in [-0.3, -0.25) is 4.79 Å². The number of cyclic esters (lactones) is 1. The van der Waals surface area contributed by atoms with Gasteiger partial charge >= 0.3 is 6.09 Å². The maximum Gasteiger partial charge on any atom is 0.417 e. The molecular weight excluding hydrogens is 294 g/mol. The Kier molecular flexibility index (Phi) is 7.01. The molecule has 0 aromatic carbocycles. The molecule has 1 heterocycles. The van der Waals surface area contributed by atoms with Gasteiger partial charge in [0.2, 0.25) is 0 Å². The fraction of sp³-hybridized carbons (Fsp3) is 0.667.